The van der Waals surface area contributed by atoms with Gasteiger partial charge in [0, 0.05) is 11.8 Å². The zero-order valence-electron chi connectivity index (χ0n) is 5.50. The van der Waals surface area contributed by atoms with Crippen molar-refractivity contribution in [3.05, 3.63) is 0 Å². The Labute approximate surface area is 66.5 Å². The number of hydrogen-bond donors (Lipinski definition) is 0. The first kappa shape index (κ1) is 7.68. The minimum absolute atomic E-state index is 0.309. The maximum Gasteiger partial charge on any atom is 0.0291 e. The van der Waals surface area contributed by atoms with E-state index in [4.69, 9.17) is 23.2 Å². The van der Waals surface area contributed by atoms with Crippen LogP contribution in [0.5, 0.6) is 0 Å². The molecule has 0 aromatic carbocycles. The summed E-state index contributed by atoms with van der Waals surface area (Å²) in [6.07, 6.45) is 5.11. The average Bonchev–Trinajstić information content (AvgIpc) is 2.36. The first-order valence-electron chi connectivity index (χ1n) is 3.45. The van der Waals surface area contributed by atoms with E-state index in [0.717, 1.165) is 11.8 Å². The van der Waals surface area contributed by atoms with Gasteiger partial charge in [0.1, 0.15) is 0 Å². The van der Waals surface area contributed by atoms with E-state index in [9.17, 15) is 0 Å². The van der Waals surface area contributed by atoms with E-state index in [2.05, 4.69) is 0 Å². The second-order valence-electron chi connectivity index (χ2n) is 2.97. The van der Waals surface area contributed by atoms with Gasteiger partial charge in [0.15, 0.2) is 0 Å². The van der Waals surface area contributed by atoms with Crippen LogP contribution in [0.4, 0.5) is 0 Å². The lowest BCUT2D eigenvalue weighted by Crippen LogP contribution is -2.19. The van der Waals surface area contributed by atoms with Crippen molar-refractivity contribution >= 4 is 23.2 Å². The van der Waals surface area contributed by atoms with Crippen LogP contribution in [-0.4, -0.2) is 11.8 Å². The topological polar surface area (TPSA) is 0 Å². The largest absolute Gasteiger partial charge is 0.126 e. The number of rotatable bonds is 2. The third-order valence-corrected chi connectivity index (χ3v) is 3.37. The third-order valence-electron chi connectivity index (χ3n) is 2.23. The van der Waals surface area contributed by atoms with Crippen LogP contribution in [0.3, 0.4) is 0 Å². The Kier molecular flexibility index (Phi) is 2.66. The molecule has 0 bridgehead atoms. The maximum absolute atomic E-state index is 5.78. The minimum atomic E-state index is 0.309. The molecule has 0 aromatic rings. The van der Waals surface area contributed by atoms with Crippen LogP contribution in [0.15, 0.2) is 0 Å². The Bertz CT molecular complexity index is 78.9. The van der Waals surface area contributed by atoms with Crippen LogP contribution in [0.2, 0.25) is 0 Å². The van der Waals surface area contributed by atoms with Crippen molar-refractivity contribution in [1.82, 2.24) is 0 Å². The molecule has 1 aliphatic carbocycles. The highest BCUT2D eigenvalue weighted by Gasteiger charge is 2.31. The molecule has 54 valence electrons. The summed E-state index contributed by atoms with van der Waals surface area (Å²) in [6.45, 7) is 0. The molecule has 0 aliphatic heterocycles. The van der Waals surface area contributed by atoms with E-state index in [1.165, 1.54) is 25.7 Å². The summed E-state index contributed by atoms with van der Waals surface area (Å²) in [5, 5.41) is 0. The Hall–Kier alpha value is 0.580. The second kappa shape index (κ2) is 3.12. The summed E-state index contributed by atoms with van der Waals surface area (Å²) >= 11 is 11.6. The molecule has 0 spiro atoms. The van der Waals surface area contributed by atoms with Crippen LogP contribution < -0.4 is 0 Å². The predicted octanol–water partition coefficient (Wildman–Crippen LogP) is 3.02. The minimum Gasteiger partial charge on any atom is -0.126 e. The standard InChI is InChI=1S/C7H12Cl2/c8-5-7(6-9)3-1-2-4-7/h1-6H2. The van der Waals surface area contributed by atoms with Crippen molar-refractivity contribution in [3.63, 3.8) is 0 Å². The van der Waals surface area contributed by atoms with Crippen molar-refractivity contribution in [1.29, 1.82) is 0 Å². The van der Waals surface area contributed by atoms with E-state index >= 15 is 0 Å². The molecule has 0 heterocycles. The molecule has 0 nitrogen and oxygen atoms in total. The smallest absolute Gasteiger partial charge is 0.0291 e. The third kappa shape index (κ3) is 1.53. The van der Waals surface area contributed by atoms with Gasteiger partial charge in [-0.2, -0.15) is 0 Å². The zero-order chi connectivity index (χ0) is 6.74. The van der Waals surface area contributed by atoms with Crippen LogP contribution >= 0.6 is 23.2 Å². The summed E-state index contributed by atoms with van der Waals surface area (Å²) in [4.78, 5) is 0. The maximum atomic E-state index is 5.78. The average molecular weight is 167 g/mol. The molecule has 2 heteroatoms. The fraction of sp³-hybridized carbons (Fsp3) is 1.00. The molecule has 0 radical (unpaired) electrons. The summed E-state index contributed by atoms with van der Waals surface area (Å²) in [7, 11) is 0. The van der Waals surface area contributed by atoms with Crippen molar-refractivity contribution in [3.8, 4) is 0 Å². The fourth-order valence-corrected chi connectivity index (χ4v) is 2.25. The molecule has 1 fully saturated rings. The van der Waals surface area contributed by atoms with Crippen molar-refractivity contribution in [2.75, 3.05) is 11.8 Å². The van der Waals surface area contributed by atoms with Crippen molar-refractivity contribution < 1.29 is 0 Å². The molecule has 0 saturated heterocycles. The normalized spacial score (nSPS) is 24.7. The van der Waals surface area contributed by atoms with Crippen LogP contribution in [0.25, 0.3) is 0 Å². The number of hydrogen-bond acceptors (Lipinski definition) is 0. The van der Waals surface area contributed by atoms with Gasteiger partial charge in [0.25, 0.3) is 0 Å². The molecule has 0 amide bonds. The van der Waals surface area contributed by atoms with Crippen LogP contribution in [0, 0.1) is 5.41 Å². The monoisotopic (exact) mass is 166 g/mol. The van der Waals surface area contributed by atoms with E-state index in [1.54, 1.807) is 0 Å². The van der Waals surface area contributed by atoms with Gasteiger partial charge in [-0.15, -0.1) is 23.2 Å². The van der Waals surface area contributed by atoms with Gasteiger partial charge in [-0.05, 0) is 18.3 Å². The molecule has 0 unspecified atom stereocenters. The lowest BCUT2D eigenvalue weighted by Gasteiger charge is -2.21. The second-order valence-corrected chi connectivity index (χ2v) is 3.51. The van der Waals surface area contributed by atoms with Gasteiger partial charge in [-0.3, -0.25) is 0 Å². The number of halogens is 2. The molecule has 1 rings (SSSR count). The zero-order valence-corrected chi connectivity index (χ0v) is 7.01. The summed E-state index contributed by atoms with van der Waals surface area (Å²) < 4.78 is 0. The molecular formula is C7H12Cl2. The molecular weight excluding hydrogens is 155 g/mol. The summed E-state index contributed by atoms with van der Waals surface area (Å²) in [5.74, 6) is 1.49. The van der Waals surface area contributed by atoms with Gasteiger partial charge in [-0.25, -0.2) is 0 Å². The Morgan fingerprint density at radius 2 is 1.44 bits per heavy atom. The Morgan fingerprint density at radius 1 is 1.00 bits per heavy atom. The van der Waals surface area contributed by atoms with Crippen LogP contribution in [0.1, 0.15) is 25.7 Å². The van der Waals surface area contributed by atoms with Crippen molar-refractivity contribution in [2.24, 2.45) is 5.41 Å². The summed E-state index contributed by atoms with van der Waals surface area (Å²) in [5.41, 5.74) is 0.309. The SMILES string of the molecule is ClCC1(CCl)CCCC1. The highest BCUT2D eigenvalue weighted by molar-refractivity contribution is 6.21. The lowest BCUT2D eigenvalue weighted by atomic mass is 9.91. The van der Waals surface area contributed by atoms with Gasteiger partial charge in [-0.1, -0.05) is 12.8 Å². The van der Waals surface area contributed by atoms with Gasteiger partial charge in [0.2, 0.25) is 0 Å². The highest BCUT2D eigenvalue weighted by Crippen LogP contribution is 2.39. The first-order valence-corrected chi connectivity index (χ1v) is 4.52. The highest BCUT2D eigenvalue weighted by atomic mass is 35.5. The molecule has 9 heavy (non-hydrogen) atoms. The lowest BCUT2D eigenvalue weighted by molar-refractivity contribution is 0.396. The molecule has 1 aliphatic rings. The van der Waals surface area contributed by atoms with Crippen molar-refractivity contribution in [2.45, 2.75) is 25.7 Å². The first-order chi connectivity index (χ1) is 4.33. The van der Waals surface area contributed by atoms with Gasteiger partial charge in [0.05, 0.1) is 0 Å². The Morgan fingerprint density at radius 3 is 1.67 bits per heavy atom. The van der Waals surface area contributed by atoms with E-state index in [0.29, 0.717) is 5.41 Å². The van der Waals surface area contributed by atoms with E-state index in [-0.39, 0.29) is 0 Å². The van der Waals surface area contributed by atoms with E-state index < -0.39 is 0 Å². The number of alkyl halides is 2. The summed E-state index contributed by atoms with van der Waals surface area (Å²) in [6, 6.07) is 0. The van der Waals surface area contributed by atoms with E-state index in [1.807, 2.05) is 0 Å². The van der Waals surface area contributed by atoms with Gasteiger partial charge < -0.3 is 0 Å². The quantitative estimate of drug-likeness (QED) is 0.554. The molecule has 1 saturated carbocycles. The predicted molar refractivity (Wildman–Crippen MR) is 42.3 cm³/mol. The molecule has 0 aromatic heterocycles. The van der Waals surface area contributed by atoms with Gasteiger partial charge >= 0.3 is 0 Å². The molecule has 0 N–H and O–H groups in total. The van der Waals surface area contributed by atoms with Crippen LogP contribution in [-0.2, 0) is 0 Å². The fourth-order valence-electron chi connectivity index (χ4n) is 1.43. The Balaban J connectivity index is 2.45. The molecule has 0 atom stereocenters.